The van der Waals surface area contributed by atoms with Crippen molar-refractivity contribution in [1.29, 1.82) is 0 Å². The van der Waals surface area contributed by atoms with Gasteiger partial charge in [0.05, 0.1) is 26.3 Å². The highest BCUT2D eigenvalue weighted by Gasteiger charge is 2.56. The van der Waals surface area contributed by atoms with E-state index in [2.05, 4.69) is 11.9 Å². The van der Waals surface area contributed by atoms with Crippen molar-refractivity contribution >= 4 is 5.91 Å². The van der Waals surface area contributed by atoms with Crippen molar-refractivity contribution in [3.63, 3.8) is 0 Å². The van der Waals surface area contributed by atoms with E-state index in [0.29, 0.717) is 31.0 Å². The Balaban J connectivity index is 1.27. The van der Waals surface area contributed by atoms with Crippen LogP contribution in [0.4, 0.5) is 0 Å². The molecule has 2 aliphatic heterocycles. The van der Waals surface area contributed by atoms with E-state index in [1.807, 2.05) is 17.0 Å². The monoisotopic (exact) mass is 316 g/mol. The van der Waals surface area contributed by atoms with E-state index in [-0.39, 0.29) is 11.5 Å². The van der Waals surface area contributed by atoms with Crippen LogP contribution in [0.1, 0.15) is 25.3 Å². The number of rotatable bonds is 5. The number of likely N-dealkylation sites (tertiary alicyclic amines) is 1. The molecule has 0 N–H and O–H groups in total. The van der Waals surface area contributed by atoms with Crippen LogP contribution in [0, 0.1) is 17.8 Å². The fraction of sp³-hybridized carbons (Fsp3) is 0.667. The number of aromatic nitrogens is 1. The minimum atomic E-state index is -0.147. The van der Waals surface area contributed by atoms with E-state index >= 15 is 0 Å². The van der Waals surface area contributed by atoms with Gasteiger partial charge < -0.3 is 14.4 Å². The van der Waals surface area contributed by atoms with Crippen LogP contribution in [0.2, 0.25) is 0 Å². The summed E-state index contributed by atoms with van der Waals surface area (Å²) in [6.07, 6.45) is 5.65. The SMILES string of the molecule is CC1CC1C(=O)N1CC2(C1)OCCC2COCc1ccncc1. The van der Waals surface area contributed by atoms with Crippen LogP contribution in [-0.4, -0.2) is 47.7 Å². The van der Waals surface area contributed by atoms with Gasteiger partial charge in [0.15, 0.2) is 0 Å². The Kier molecular flexibility index (Phi) is 3.85. The van der Waals surface area contributed by atoms with Gasteiger partial charge in [-0.05, 0) is 36.5 Å². The van der Waals surface area contributed by atoms with Gasteiger partial charge in [-0.2, -0.15) is 0 Å². The Morgan fingerprint density at radius 3 is 2.87 bits per heavy atom. The Hall–Kier alpha value is -1.46. The van der Waals surface area contributed by atoms with Gasteiger partial charge in [0, 0.05) is 30.8 Å². The van der Waals surface area contributed by atoms with Crippen molar-refractivity contribution in [3.8, 4) is 0 Å². The summed E-state index contributed by atoms with van der Waals surface area (Å²) >= 11 is 0. The molecular weight excluding hydrogens is 292 g/mol. The number of hydrogen-bond acceptors (Lipinski definition) is 4. The summed E-state index contributed by atoms with van der Waals surface area (Å²) in [5.74, 6) is 1.57. The molecule has 1 aromatic rings. The zero-order valence-corrected chi connectivity index (χ0v) is 13.6. The lowest BCUT2D eigenvalue weighted by Crippen LogP contribution is -2.67. The molecular formula is C18H24N2O3. The third kappa shape index (κ3) is 2.88. The highest BCUT2D eigenvalue weighted by atomic mass is 16.5. The van der Waals surface area contributed by atoms with Crippen LogP contribution in [0.5, 0.6) is 0 Å². The fourth-order valence-electron chi connectivity index (χ4n) is 3.82. The van der Waals surface area contributed by atoms with Crippen LogP contribution in [0.25, 0.3) is 0 Å². The molecule has 0 aromatic carbocycles. The minimum absolute atomic E-state index is 0.147. The summed E-state index contributed by atoms with van der Waals surface area (Å²) in [5.41, 5.74) is 0.993. The first kappa shape index (κ1) is 15.1. The highest BCUT2D eigenvalue weighted by Crippen LogP contribution is 2.45. The second kappa shape index (κ2) is 5.87. The van der Waals surface area contributed by atoms with Crippen molar-refractivity contribution in [2.24, 2.45) is 17.8 Å². The van der Waals surface area contributed by atoms with Gasteiger partial charge in [-0.25, -0.2) is 0 Å². The quantitative estimate of drug-likeness (QED) is 0.832. The zero-order valence-electron chi connectivity index (χ0n) is 13.6. The summed E-state index contributed by atoms with van der Waals surface area (Å²) in [6, 6.07) is 3.95. The maximum absolute atomic E-state index is 12.3. The molecule has 3 unspecified atom stereocenters. The molecule has 0 radical (unpaired) electrons. The molecule has 3 aliphatic rings. The summed E-state index contributed by atoms with van der Waals surface area (Å²) in [6.45, 7) is 5.74. The average molecular weight is 316 g/mol. The first-order chi connectivity index (χ1) is 11.2. The fourth-order valence-corrected chi connectivity index (χ4v) is 3.82. The van der Waals surface area contributed by atoms with Crippen LogP contribution in [0.3, 0.4) is 0 Å². The number of carbonyl (C=O) groups is 1. The Labute approximate surface area is 137 Å². The first-order valence-corrected chi connectivity index (χ1v) is 8.57. The third-order valence-corrected chi connectivity index (χ3v) is 5.59. The largest absolute Gasteiger partial charge is 0.376 e. The van der Waals surface area contributed by atoms with E-state index in [1.54, 1.807) is 12.4 Å². The molecule has 1 spiro atoms. The molecule has 3 atom stereocenters. The predicted molar refractivity (Wildman–Crippen MR) is 84.5 cm³/mol. The summed E-state index contributed by atoms with van der Waals surface area (Å²) in [5, 5.41) is 0. The van der Waals surface area contributed by atoms with Crippen molar-refractivity contribution in [1.82, 2.24) is 9.88 Å². The van der Waals surface area contributed by atoms with Crippen molar-refractivity contribution in [3.05, 3.63) is 30.1 Å². The lowest BCUT2D eigenvalue weighted by molar-refractivity contribution is -0.170. The first-order valence-electron chi connectivity index (χ1n) is 8.57. The lowest BCUT2D eigenvalue weighted by Gasteiger charge is -2.50. The van der Waals surface area contributed by atoms with Crippen LogP contribution in [0.15, 0.2) is 24.5 Å². The van der Waals surface area contributed by atoms with Crippen LogP contribution < -0.4 is 0 Å². The molecule has 1 amide bonds. The van der Waals surface area contributed by atoms with Gasteiger partial charge in [-0.3, -0.25) is 9.78 Å². The van der Waals surface area contributed by atoms with Crippen molar-refractivity contribution < 1.29 is 14.3 Å². The average Bonchev–Trinajstić information content (AvgIpc) is 3.10. The molecule has 1 saturated carbocycles. The van der Waals surface area contributed by atoms with Crippen molar-refractivity contribution in [2.75, 3.05) is 26.3 Å². The van der Waals surface area contributed by atoms with Crippen LogP contribution >= 0.6 is 0 Å². The lowest BCUT2D eigenvalue weighted by atomic mass is 9.81. The van der Waals surface area contributed by atoms with E-state index in [4.69, 9.17) is 9.47 Å². The third-order valence-electron chi connectivity index (χ3n) is 5.59. The van der Waals surface area contributed by atoms with E-state index in [9.17, 15) is 4.79 Å². The molecule has 3 heterocycles. The summed E-state index contributed by atoms with van der Waals surface area (Å²) in [7, 11) is 0. The molecule has 5 nitrogen and oxygen atoms in total. The molecule has 1 aliphatic carbocycles. The molecule has 1 aromatic heterocycles. The Morgan fingerprint density at radius 2 is 2.17 bits per heavy atom. The summed E-state index contributed by atoms with van der Waals surface area (Å²) in [4.78, 5) is 18.3. The van der Waals surface area contributed by atoms with Gasteiger partial charge in [0.1, 0.15) is 5.60 Å². The number of ether oxygens (including phenoxy) is 2. The van der Waals surface area contributed by atoms with E-state index in [1.165, 1.54) is 0 Å². The number of amides is 1. The molecule has 4 rings (SSSR count). The van der Waals surface area contributed by atoms with E-state index in [0.717, 1.165) is 38.1 Å². The standard InChI is InChI=1S/C18H24N2O3/c1-13-8-16(13)17(21)20-11-18(12-20)15(4-7-23-18)10-22-9-14-2-5-19-6-3-14/h2-3,5-6,13,15-16H,4,7-12H2,1H3. The number of hydrogen-bond donors (Lipinski definition) is 0. The normalized spacial score (nSPS) is 31.2. The van der Waals surface area contributed by atoms with Crippen LogP contribution in [-0.2, 0) is 20.9 Å². The maximum Gasteiger partial charge on any atom is 0.226 e. The second-order valence-electron chi connectivity index (χ2n) is 7.28. The Bertz CT molecular complexity index is 571. The van der Waals surface area contributed by atoms with E-state index < -0.39 is 0 Å². The van der Waals surface area contributed by atoms with Gasteiger partial charge in [0.25, 0.3) is 0 Å². The molecule has 3 fully saturated rings. The number of carbonyl (C=O) groups excluding carboxylic acids is 1. The minimum Gasteiger partial charge on any atom is -0.376 e. The summed E-state index contributed by atoms with van der Waals surface area (Å²) < 4.78 is 11.9. The smallest absolute Gasteiger partial charge is 0.226 e. The highest BCUT2D eigenvalue weighted by molar-refractivity contribution is 5.82. The Morgan fingerprint density at radius 1 is 1.43 bits per heavy atom. The van der Waals surface area contributed by atoms with Gasteiger partial charge >= 0.3 is 0 Å². The predicted octanol–water partition coefficient (Wildman–Crippen LogP) is 1.87. The second-order valence-corrected chi connectivity index (χ2v) is 7.28. The molecule has 0 bridgehead atoms. The molecule has 23 heavy (non-hydrogen) atoms. The molecule has 124 valence electrons. The van der Waals surface area contributed by atoms with Crippen molar-refractivity contribution in [2.45, 2.75) is 32.0 Å². The molecule has 2 saturated heterocycles. The van der Waals surface area contributed by atoms with Gasteiger partial charge in [-0.15, -0.1) is 0 Å². The molecule has 5 heteroatoms. The zero-order chi connectivity index (χ0) is 15.9. The topological polar surface area (TPSA) is 51.7 Å². The van der Waals surface area contributed by atoms with Gasteiger partial charge in [-0.1, -0.05) is 6.92 Å². The number of pyridine rings is 1. The maximum atomic E-state index is 12.3. The number of nitrogens with zero attached hydrogens (tertiary/aromatic N) is 2. The van der Waals surface area contributed by atoms with Gasteiger partial charge in [0.2, 0.25) is 5.91 Å².